The van der Waals surface area contributed by atoms with Crippen molar-refractivity contribution in [3.05, 3.63) is 32.7 Å². The van der Waals surface area contributed by atoms with Crippen molar-refractivity contribution >= 4 is 37.8 Å². The largest absolute Gasteiger partial charge is 0.370 e. The fourth-order valence-electron chi connectivity index (χ4n) is 2.33. The van der Waals surface area contributed by atoms with Crippen LogP contribution in [0.15, 0.2) is 32.1 Å². The molecule has 2 aliphatic rings. The van der Waals surface area contributed by atoms with Gasteiger partial charge in [-0.25, -0.2) is 0 Å². The molecule has 18 heavy (non-hydrogen) atoms. The topological polar surface area (TPSA) is 41.6 Å². The van der Waals surface area contributed by atoms with E-state index in [1.807, 2.05) is 0 Å². The SMILES string of the molecule is NC1=NCC(c2ccc(Br)c(Br)c2)N1CC1CC1. The molecule has 0 saturated heterocycles. The molecular formula is C13H15Br2N3. The van der Waals surface area contributed by atoms with Gasteiger partial charge in [-0.2, -0.15) is 0 Å². The first-order valence-electron chi connectivity index (χ1n) is 6.16. The summed E-state index contributed by atoms with van der Waals surface area (Å²) in [6.07, 6.45) is 2.67. The number of hydrogen-bond acceptors (Lipinski definition) is 3. The minimum atomic E-state index is 0.301. The molecule has 1 aliphatic carbocycles. The third-order valence-corrected chi connectivity index (χ3v) is 5.46. The lowest BCUT2D eigenvalue weighted by Gasteiger charge is -2.26. The summed E-state index contributed by atoms with van der Waals surface area (Å²) in [7, 11) is 0. The summed E-state index contributed by atoms with van der Waals surface area (Å²) in [5, 5.41) is 0. The molecule has 0 bridgehead atoms. The van der Waals surface area contributed by atoms with Crippen molar-refractivity contribution in [2.75, 3.05) is 13.1 Å². The Bertz CT molecular complexity index is 497. The number of nitrogens with two attached hydrogens (primary N) is 1. The predicted octanol–water partition coefficient (Wildman–Crippen LogP) is 3.29. The smallest absolute Gasteiger partial charge is 0.191 e. The molecule has 0 spiro atoms. The Morgan fingerprint density at radius 3 is 2.72 bits per heavy atom. The molecule has 0 aromatic heterocycles. The van der Waals surface area contributed by atoms with E-state index >= 15 is 0 Å². The third-order valence-electron chi connectivity index (χ3n) is 3.58. The summed E-state index contributed by atoms with van der Waals surface area (Å²) in [4.78, 5) is 6.66. The van der Waals surface area contributed by atoms with E-state index in [4.69, 9.17) is 5.73 Å². The highest BCUT2D eigenvalue weighted by molar-refractivity contribution is 9.13. The quantitative estimate of drug-likeness (QED) is 0.884. The van der Waals surface area contributed by atoms with Crippen molar-refractivity contribution in [3.63, 3.8) is 0 Å². The number of nitrogens with zero attached hydrogens (tertiary/aromatic N) is 2. The van der Waals surface area contributed by atoms with Crippen LogP contribution in [0.25, 0.3) is 0 Å². The van der Waals surface area contributed by atoms with Gasteiger partial charge in [0.25, 0.3) is 0 Å². The highest BCUT2D eigenvalue weighted by Gasteiger charge is 2.33. The van der Waals surface area contributed by atoms with Crippen molar-refractivity contribution < 1.29 is 0 Å². The molecule has 1 unspecified atom stereocenters. The van der Waals surface area contributed by atoms with Crippen LogP contribution in [-0.4, -0.2) is 23.9 Å². The van der Waals surface area contributed by atoms with Crippen molar-refractivity contribution in [1.29, 1.82) is 0 Å². The maximum absolute atomic E-state index is 6.01. The van der Waals surface area contributed by atoms with Gasteiger partial charge >= 0.3 is 0 Å². The first kappa shape index (κ1) is 12.5. The second-order valence-corrected chi connectivity index (χ2v) is 6.69. The Hall–Kier alpha value is -0.550. The normalized spacial score (nSPS) is 23.3. The molecule has 1 aromatic rings. The Labute approximate surface area is 124 Å². The van der Waals surface area contributed by atoms with E-state index in [1.165, 1.54) is 18.4 Å². The maximum atomic E-state index is 6.01. The second kappa shape index (κ2) is 4.85. The van der Waals surface area contributed by atoms with E-state index in [2.05, 4.69) is 60.0 Å². The van der Waals surface area contributed by atoms with Gasteiger partial charge in [0.15, 0.2) is 5.96 Å². The highest BCUT2D eigenvalue weighted by atomic mass is 79.9. The van der Waals surface area contributed by atoms with Crippen LogP contribution >= 0.6 is 31.9 Å². The Morgan fingerprint density at radius 1 is 1.28 bits per heavy atom. The van der Waals surface area contributed by atoms with Crippen LogP contribution in [-0.2, 0) is 0 Å². The van der Waals surface area contributed by atoms with Gasteiger partial charge in [0, 0.05) is 15.5 Å². The zero-order valence-electron chi connectivity index (χ0n) is 9.94. The van der Waals surface area contributed by atoms with Crippen molar-refractivity contribution in [1.82, 2.24) is 4.90 Å². The number of halogens is 2. The third kappa shape index (κ3) is 2.43. The first-order chi connectivity index (χ1) is 8.65. The van der Waals surface area contributed by atoms with Crippen molar-refractivity contribution in [2.45, 2.75) is 18.9 Å². The van der Waals surface area contributed by atoms with Crippen LogP contribution in [0.5, 0.6) is 0 Å². The first-order valence-corrected chi connectivity index (χ1v) is 7.75. The number of benzene rings is 1. The lowest BCUT2D eigenvalue weighted by atomic mass is 10.1. The molecule has 1 saturated carbocycles. The summed E-state index contributed by atoms with van der Waals surface area (Å²) in [5.74, 6) is 1.52. The van der Waals surface area contributed by atoms with Gasteiger partial charge in [-0.05, 0) is 68.3 Å². The van der Waals surface area contributed by atoms with E-state index in [-0.39, 0.29) is 0 Å². The fraction of sp³-hybridized carbons (Fsp3) is 0.462. The van der Waals surface area contributed by atoms with Crippen LogP contribution in [0.3, 0.4) is 0 Å². The van der Waals surface area contributed by atoms with Crippen LogP contribution < -0.4 is 5.73 Å². The standard InChI is InChI=1S/C13H15Br2N3/c14-10-4-3-9(5-11(10)15)12-6-17-13(16)18(12)7-8-1-2-8/h3-5,8,12H,1-2,6-7H2,(H2,16,17). The molecule has 1 fully saturated rings. The van der Waals surface area contributed by atoms with Crippen molar-refractivity contribution in [3.8, 4) is 0 Å². The summed E-state index contributed by atoms with van der Waals surface area (Å²) in [6, 6.07) is 6.68. The lowest BCUT2D eigenvalue weighted by molar-refractivity contribution is 0.333. The van der Waals surface area contributed by atoms with Crippen LogP contribution in [0.2, 0.25) is 0 Å². The van der Waals surface area contributed by atoms with Crippen LogP contribution in [0, 0.1) is 5.92 Å². The van der Waals surface area contributed by atoms with Crippen LogP contribution in [0.1, 0.15) is 24.4 Å². The van der Waals surface area contributed by atoms with Gasteiger partial charge in [-0.1, -0.05) is 6.07 Å². The van der Waals surface area contributed by atoms with Gasteiger partial charge < -0.3 is 10.6 Å². The average molecular weight is 373 g/mol. The van der Waals surface area contributed by atoms with Gasteiger partial charge in [0.05, 0.1) is 12.6 Å². The maximum Gasteiger partial charge on any atom is 0.191 e. The minimum Gasteiger partial charge on any atom is -0.370 e. The van der Waals surface area contributed by atoms with E-state index in [9.17, 15) is 0 Å². The Kier molecular flexibility index (Phi) is 3.36. The van der Waals surface area contributed by atoms with E-state index in [0.717, 1.165) is 28.0 Å². The summed E-state index contributed by atoms with van der Waals surface area (Å²) in [5.41, 5.74) is 7.28. The molecule has 0 radical (unpaired) electrons. The molecule has 1 aliphatic heterocycles. The molecule has 3 rings (SSSR count). The molecule has 5 heteroatoms. The van der Waals surface area contributed by atoms with Gasteiger partial charge in [0.2, 0.25) is 0 Å². The minimum absolute atomic E-state index is 0.301. The van der Waals surface area contributed by atoms with E-state index < -0.39 is 0 Å². The fourth-order valence-corrected chi connectivity index (χ4v) is 2.98. The number of hydrogen-bond donors (Lipinski definition) is 1. The summed E-state index contributed by atoms with van der Waals surface area (Å²) < 4.78 is 2.16. The monoisotopic (exact) mass is 371 g/mol. The molecule has 96 valence electrons. The molecule has 1 heterocycles. The lowest BCUT2D eigenvalue weighted by Crippen LogP contribution is -2.37. The number of rotatable bonds is 3. The van der Waals surface area contributed by atoms with Crippen molar-refractivity contribution in [2.24, 2.45) is 16.6 Å². The molecule has 3 nitrogen and oxygen atoms in total. The molecule has 1 aromatic carbocycles. The summed E-state index contributed by atoms with van der Waals surface area (Å²) in [6.45, 7) is 1.82. The Balaban J connectivity index is 1.83. The predicted molar refractivity (Wildman–Crippen MR) is 80.5 cm³/mol. The number of guanidine groups is 1. The van der Waals surface area contributed by atoms with Gasteiger partial charge in [-0.3, -0.25) is 4.99 Å². The average Bonchev–Trinajstić information content (AvgIpc) is 3.09. The highest BCUT2D eigenvalue weighted by Crippen LogP contribution is 2.36. The molecule has 1 atom stereocenters. The van der Waals surface area contributed by atoms with Gasteiger partial charge in [0.1, 0.15) is 0 Å². The van der Waals surface area contributed by atoms with Gasteiger partial charge in [-0.15, -0.1) is 0 Å². The zero-order chi connectivity index (χ0) is 12.7. The van der Waals surface area contributed by atoms with E-state index in [1.54, 1.807) is 0 Å². The van der Waals surface area contributed by atoms with E-state index in [0.29, 0.717) is 12.0 Å². The summed E-state index contributed by atoms with van der Waals surface area (Å²) >= 11 is 7.06. The molecule has 0 amide bonds. The van der Waals surface area contributed by atoms with Crippen LogP contribution in [0.4, 0.5) is 0 Å². The zero-order valence-corrected chi connectivity index (χ0v) is 13.1. The number of aliphatic imine (C=N–C) groups is 1. The molecular weight excluding hydrogens is 358 g/mol. The Morgan fingerprint density at radius 2 is 2.06 bits per heavy atom. The molecule has 2 N–H and O–H groups in total. The second-order valence-electron chi connectivity index (χ2n) is 4.98.